The van der Waals surface area contributed by atoms with E-state index in [1.807, 2.05) is 36.4 Å². The minimum Gasteiger partial charge on any atom is -0.497 e. The number of piperazine rings is 1. The molecule has 5 nitrogen and oxygen atoms in total. The van der Waals surface area contributed by atoms with Crippen molar-refractivity contribution in [3.05, 3.63) is 54.1 Å². The number of benzene rings is 2. The number of carbonyl (C=O) groups excluding carboxylic acids is 1. The van der Waals surface area contributed by atoms with Crippen molar-refractivity contribution in [2.45, 2.75) is 12.8 Å². The summed E-state index contributed by atoms with van der Waals surface area (Å²) >= 11 is 0. The van der Waals surface area contributed by atoms with Gasteiger partial charge < -0.3 is 14.4 Å². The average Bonchev–Trinajstić information content (AvgIpc) is 2.74. The van der Waals surface area contributed by atoms with Gasteiger partial charge in [-0.15, -0.1) is 0 Å². The van der Waals surface area contributed by atoms with Gasteiger partial charge in [0.1, 0.15) is 11.5 Å². The Morgan fingerprint density at radius 1 is 0.963 bits per heavy atom. The van der Waals surface area contributed by atoms with Crippen LogP contribution in [0.25, 0.3) is 0 Å². The molecule has 2 aromatic carbocycles. The minimum atomic E-state index is 0.182. The molecule has 5 heteroatoms. The van der Waals surface area contributed by atoms with Crippen LogP contribution in [0.5, 0.6) is 11.5 Å². The van der Waals surface area contributed by atoms with Gasteiger partial charge in [0.05, 0.1) is 19.9 Å². The van der Waals surface area contributed by atoms with Gasteiger partial charge in [0.15, 0.2) is 5.78 Å². The van der Waals surface area contributed by atoms with Gasteiger partial charge in [-0.25, -0.2) is 0 Å². The van der Waals surface area contributed by atoms with Crippen molar-refractivity contribution in [2.24, 2.45) is 0 Å². The summed E-state index contributed by atoms with van der Waals surface area (Å²) in [5.74, 6) is 1.84. The largest absolute Gasteiger partial charge is 0.497 e. The molecule has 1 heterocycles. The number of hydrogen-bond donors (Lipinski definition) is 0. The van der Waals surface area contributed by atoms with E-state index < -0.39 is 0 Å². The highest BCUT2D eigenvalue weighted by atomic mass is 16.5. The van der Waals surface area contributed by atoms with Crippen LogP contribution >= 0.6 is 0 Å². The lowest BCUT2D eigenvalue weighted by Crippen LogP contribution is -2.46. The van der Waals surface area contributed by atoms with E-state index in [0.717, 1.165) is 61.9 Å². The summed E-state index contributed by atoms with van der Waals surface area (Å²) in [7, 11) is 3.34. The maximum Gasteiger partial charge on any atom is 0.163 e. The second-order valence-electron chi connectivity index (χ2n) is 6.76. The van der Waals surface area contributed by atoms with Gasteiger partial charge in [0.25, 0.3) is 0 Å². The number of carbonyl (C=O) groups is 1. The Kier molecular flexibility index (Phi) is 6.71. The lowest BCUT2D eigenvalue weighted by Gasteiger charge is -2.36. The van der Waals surface area contributed by atoms with Crippen molar-refractivity contribution in [1.29, 1.82) is 0 Å². The number of methoxy groups -OCH3 is 2. The molecule has 0 aromatic heterocycles. The summed E-state index contributed by atoms with van der Waals surface area (Å²) in [6, 6.07) is 15.6. The molecule has 0 bridgehead atoms. The molecular formula is C22H28N2O3. The number of rotatable bonds is 8. The minimum absolute atomic E-state index is 0.182. The van der Waals surface area contributed by atoms with Gasteiger partial charge in [-0.1, -0.05) is 24.3 Å². The quantitative estimate of drug-likeness (QED) is 0.667. The summed E-state index contributed by atoms with van der Waals surface area (Å²) in [6.45, 7) is 4.92. The van der Waals surface area contributed by atoms with Crippen LogP contribution in [0.4, 0.5) is 5.69 Å². The number of ether oxygens (including phenoxy) is 2. The first kappa shape index (κ1) is 19.2. The molecule has 144 valence electrons. The van der Waals surface area contributed by atoms with Gasteiger partial charge in [0, 0.05) is 38.2 Å². The second-order valence-corrected chi connectivity index (χ2v) is 6.76. The van der Waals surface area contributed by atoms with E-state index in [1.165, 1.54) is 0 Å². The van der Waals surface area contributed by atoms with Crippen LogP contribution in [0.1, 0.15) is 23.2 Å². The van der Waals surface area contributed by atoms with E-state index in [9.17, 15) is 4.79 Å². The van der Waals surface area contributed by atoms with Crippen LogP contribution in [-0.4, -0.2) is 57.6 Å². The first-order valence-corrected chi connectivity index (χ1v) is 9.49. The number of Topliss-reactive ketones (excluding diaryl/α,β-unsaturated/α-hetero) is 1. The van der Waals surface area contributed by atoms with Gasteiger partial charge in [-0.2, -0.15) is 0 Å². The summed E-state index contributed by atoms with van der Waals surface area (Å²) in [5.41, 5.74) is 1.89. The second kappa shape index (κ2) is 9.42. The monoisotopic (exact) mass is 368 g/mol. The number of ketones is 1. The number of nitrogens with zero attached hydrogens (tertiary/aromatic N) is 2. The summed E-state index contributed by atoms with van der Waals surface area (Å²) in [5, 5.41) is 0. The molecule has 1 aliphatic rings. The van der Waals surface area contributed by atoms with Crippen molar-refractivity contribution in [1.82, 2.24) is 4.90 Å². The fourth-order valence-electron chi connectivity index (χ4n) is 3.51. The third kappa shape index (κ3) is 5.01. The van der Waals surface area contributed by atoms with Gasteiger partial charge in [0.2, 0.25) is 0 Å². The molecule has 0 aliphatic carbocycles. The maximum atomic E-state index is 12.4. The van der Waals surface area contributed by atoms with Crippen molar-refractivity contribution < 1.29 is 14.3 Å². The highest BCUT2D eigenvalue weighted by molar-refractivity contribution is 5.96. The normalized spacial score (nSPS) is 14.8. The molecule has 1 saturated heterocycles. The standard InChI is InChI=1S/C22H28N2O3/c1-26-19-8-5-7-18(17-19)21(25)10-6-12-23-13-15-24(16-14-23)20-9-3-4-11-22(20)27-2/h3-5,7-9,11,17H,6,10,12-16H2,1-2H3. The third-order valence-corrected chi connectivity index (χ3v) is 5.07. The average molecular weight is 368 g/mol. The van der Waals surface area contributed by atoms with Crippen LogP contribution in [0, 0.1) is 0 Å². The number of para-hydroxylation sites is 2. The maximum absolute atomic E-state index is 12.4. The van der Waals surface area contributed by atoms with Crippen LogP contribution in [0.2, 0.25) is 0 Å². The van der Waals surface area contributed by atoms with E-state index in [4.69, 9.17) is 9.47 Å². The SMILES string of the molecule is COc1cccc(C(=O)CCCN2CCN(c3ccccc3OC)CC2)c1. The number of anilines is 1. The molecule has 2 aromatic rings. The van der Waals surface area contributed by atoms with E-state index in [0.29, 0.717) is 6.42 Å². The Labute approximate surface area is 161 Å². The fourth-order valence-corrected chi connectivity index (χ4v) is 3.51. The Morgan fingerprint density at radius 3 is 2.48 bits per heavy atom. The molecule has 0 unspecified atom stereocenters. The van der Waals surface area contributed by atoms with Crippen molar-refractivity contribution in [2.75, 3.05) is 51.8 Å². The lowest BCUT2D eigenvalue weighted by atomic mass is 10.1. The van der Waals surface area contributed by atoms with Crippen molar-refractivity contribution in [3.8, 4) is 11.5 Å². The highest BCUT2D eigenvalue weighted by Crippen LogP contribution is 2.28. The fraction of sp³-hybridized carbons (Fsp3) is 0.409. The molecule has 0 amide bonds. The van der Waals surface area contributed by atoms with Gasteiger partial charge in [-0.05, 0) is 37.2 Å². The van der Waals surface area contributed by atoms with Crippen LogP contribution in [-0.2, 0) is 0 Å². The van der Waals surface area contributed by atoms with Crippen LogP contribution < -0.4 is 14.4 Å². The molecule has 0 saturated carbocycles. The first-order chi connectivity index (χ1) is 13.2. The summed E-state index contributed by atoms with van der Waals surface area (Å²) < 4.78 is 10.7. The van der Waals surface area contributed by atoms with Crippen molar-refractivity contribution in [3.63, 3.8) is 0 Å². The zero-order chi connectivity index (χ0) is 19.1. The Bertz CT molecular complexity index is 755. The molecule has 1 aliphatic heterocycles. The first-order valence-electron chi connectivity index (χ1n) is 9.49. The smallest absolute Gasteiger partial charge is 0.163 e. The zero-order valence-electron chi connectivity index (χ0n) is 16.2. The predicted octanol–water partition coefficient (Wildman–Crippen LogP) is 3.49. The zero-order valence-corrected chi connectivity index (χ0v) is 16.2. The van der Waals surface area contributed by atoms with Crippen LogP contribution in [0.15, 0.2) is 48.5 Å². The number of hydrogen-bond acceptors (Lipinski definition) is 5. The van der Waals surface area contributed by atoms with Crippen molar-refractivity contribution >= 4 is 11.5 Å². The molecule has 0 N–H and O–H groups in total. The van der Waals surface area contributed by atoms with E-state index in [2.05, 4.69) is 21.9 Å². The van der Waals surface area contributed by atoms with E-state index in [-0.39, 0.29) is 5.78 Å². The molecule has 0 atom stereocenters. The summed E-state index contributed by atoms with van der Waals surface area (Å²) in [6.07, 6.45) is 1.45. The van der Waals surface area contributed by atoms with Gasteiger partial charge in [-0.3, -0.25) is 9.69 Å². The Morgan fingerprint density at radius 2 is 1.74 bits per heavy atom. The molecule has 3 rings (SSSR count). The molecule has 0 spiro atoms. The van der Waals surface area contributed by atoms with E-state index >= 15 is 0 Å². The topological polar surface area (TPSA) is 42.0 Å². The third-order valence-electron chi connectivity index (χ3n) is 5.07. The molecule has 1 fully saturated rings. The van der Waals surface area contributed by atoms with Gasteiger partial charge >= 0.3 is 0 Å². The summed E-state index contributed by atoms with van der Waals surface area (Å²) in [4.78, 5) is 17.2. The lowest BCUT2D eigenvalue weighted by molar-refractivity contribution is 0.0974. The Balaban J connectivity index is 1.44. The highest BCUT2D eigenvalue weighted by Gasteiger charge is 2.19. The van der Waals surface area contributed by atoms with Crippen LogP contribution in [0.3, 0.4) is 0 Å². The predicted molar refractivity (Wildman–Crippen MR) is 108 cm³/mol. The molecule has 0 radical (unpaired) electrons. The molecule has 27 heavy (non-hydrogen) atoms. The van der Waals surface area contributed by atoms with E-state index in [1.54, 1.807) is 14.2 Å². The Hall–Kier alpha value is -2.53. The molecular weight excluding hydrogens is 340 g/mol.